The summed E-state index contributed by atoms with van der Waals surface area (Å²) in [6.45, 7) is 0. The van der Waals surface area contributed by atoms with Crippen molar-refractivity contribution in [1.82, 2.24) is 14.8 Å². The smallest absolute Gasteiger partial charge is 0.232 e. The lowest BCUT2D eigenvalue weighted by Crippen LogP contribution is -2.09. The minimum absolute atomic E-state index is 0.156. The number of rotatable bonds is 1. The molecule has 102 valence electrons. The Morgan fingerprint density at radius 3 is 2.75 bits per heavy atom. The Kier molecular flexibility index (Phi) is 2.74. The van der Waals surface area contributed by atoms with Gasteiger partial charge in [-0.15, -0.1) is 0 Å². The molecule has 0 fully saturated rings. The van der Waals surface area contributed by atoms with Gasteiger partial charge in [-0.3, -0.25) is 0 Å². The van der Waals surface area contributed by atoms with Gasteiger partial charge in [0.05, 0.1) is 5.56 Å². The van der Waals surface area contributed by atoms with Crippen molar-refractivity contribution in [2.45, 2.75) is 25.4 Å². The highest BCUT2D eigenvalue weighted by Crippen LogP contribution is 2.29. The van der Waals surface area contributed by atoms with E-state index in [0.717, 1.165) is 41.3 Å². The monoisotopic (exact) mass is 278 g/mol. The highest BCUT2D eigenvalue weighted by Gasteiger charge is 2.34. The predicted molar refractivity (Wildman–Crippen MR) is 63.1 cm³/mol. The number of hydrogen-bond donors (Lipinski definition) is 0. The highest BCUT2D eigenvalue weighted by atomic mass is 19.4. The van der Waals surface area contributed by atoms with Gasteiger partial charge < -0.3 is 0 Å². The minimum Gasteiger partial charge on any atom is -0.232 e. The molecule has 1 aliphatic carbocycles. The molecule has 2 heterocycles. The van der Waals surface area contributed by atoms with E-state index in [1.807, 2.05) is 6.07 Å². The van der Waals surface area contributed by atoms with Crippen LogP contribution in [0.4, 0.5) is 13.2 Å². The molecule has 0 aromatic carbocycles. The summed E-state index contributed by atoms with van der Waals surface area (Å²) in [7, 11) is 0. The van der Waals surface area contributed by atoms with E-state index >= 15 is 0 Å². The van der Waals surface area contributed by atoms with Gasteiger partial charge in [-0.25, -0.2) is 9.67 Å². The average molecular weight is 278 g/mol. The van der Waals surface area contributed by atoms with Gasteiger partial charge in [-0.2, -0.15) is 23.5 Å². The molecule has 0 bridgehead atoms. The Bertz CT molecular complexity index is 709. The standard InChI is InChI=1S/C13H9F3N4/c14-13(15,16)11-4-5-20(19-11)12-9(7-17)6-8-2-1-3-10(8)18-12/h4-6H,1-3H2. The zero-order valence-electron chi connectivity index (χ0n) is 10.3. The van der Waals surface area contributed by atoms with E-state index < -0.39 is 11.9 Å². The number of hydrogen-bond acceptors (Lipinski definition) is 3. The first kappa shape index (κ1) is 12.7. The van der Waals surface area contributed by atoms with Crippen molar-refractivity contribution in [3.63, 3.8) is 0 Å². The molecule has 0 aliphatic heterocycles. The zero-order valence-corrected chi connectivity index (χ0v) is 10.3. The first-order valence-corrected chi connectivity index (χ1v) is 6.05. The first-order valence-electron chi connectivity index (χ1n) is 6.05. The molecule has 0 spiro atoms. The maximum atomic E-state index is 12.6. The third-order valence-corrected chi connectivity index (χ3v) is 3.25. The van der Waals surface area contributed by atoms with Gasteiger partial charge in [0.1, 0.15) is 6.07 Å². The fourth-order valence-electron chi connectivity index (χ4n) is 2.31. The van der Waals surface area contributed by atoms with Crippen molar-refractivity contribution in [3.8, 4) is 11.9 Å². The Morgan fingerprint density at radius 2 is 2.10 bits per heavy atom. The molecule has 0 atom stereocenters. The van der Waals surface area contributed by atoms with Gasteiger partial charge in [0, 0.05) is 11.9 Å². The number of nitriles is 1. The number of nitrogens with zero attached hydrogens (tertiary/aromatic N) is 4. The summed E-state index contributed by atoms with van der Waals surface area (Å²) in [6.07, 6.45) is -0.753. The second-order valence-corrected chi connectivity index (χ2v) is 4.57. The van der Waals surface area contributed by atoms with Crippen molar-refractivity contribution in [1.29, 1.82) is 5.26 Å². The molecule has 4 nitrogen and oxygen atoms in total. The van der Waals surface area contributed by atoms with E-state index in [1.165, 1.54) is 6.20 Å². The fraction of sp³-hybridized carbons (Fsp3) is 0.308. The Hall–Kier alpha value is -2.36. The second-order valence-electron chi connectivity index (χ2n) is 4.57. The summed E-state index contributed by atoms with van der Waals surface area (Å²) in [4.78, 5) is 4.30. The van der Waals surface area contributed by atoms with E-state index in [-0.39, 0.29) is 11.4 Å². The summed E-state index contributed by atoms with van der Waals surface area (Å²) in [5, 5.41) is 12.6. The van der Waals surface area contributed by atoms with Gasteiger partial charge in [-0.05, 0) is 37.0 Å². The van der Waals surface area contributed by atoms with Crippen LogP contribution in [0, 0.1) is 11.3 Å². The molecule has 2 aromatic heterocycles. The molecule has 0 saturated carbocycles. The van der Waals surface area contributed by atoms with Crippen LogP contribution in [0.5, 0.6) is 0 Å². The van der Waals surface area contributed by atoms with Gasteiger partial charge in [0.2, 0.25) is 0 Å². The topological polar surface area (TPSA) is 54.5 Å². The molecule has 20 heavy (non-hydrogen) atoms. The Labute approximate surface area is 112 Å². The lowest BCUT2D eigenvalue weighted by molar-refractivity contribution is -0.141. The fourth-order valence-corrected chi connectivity index (χ4v) is 2.31. The van der Waals surface area contributed by atoms with Gasteiger partial charge >= 0.3 is 6.18 Å². The van der Waals surface area contributed by atoms with Crippen molar-refractivity contribution in [2.75, 3.05) is 0 Å². The molecular formula is C13H9F3N4. The minimum atomic E-state index is -4.51. The summed E-state index contributed by atoms with van der Waals surface area (Å²) in [6, 6.07) is 4.53. The SMILES string of the molecule is N#Cc1cc2c(nc1-n1ccc(C(F)(F)F)n1)CCC2. The summed E-state index contributed by atoms with van der Waals surface area (Å²) in [5.74, 6) is 0.156. The quantitative estimate of drug-likeness (QED) is 0.805. The molecule has 0 unspecified atom stereocenters. The molecule has 2 aromatic rings. The Balaban J connectivity index is 2.10. The van der Waals surface area contributed by atoms with E-state index in [1.54, 1.807) is 6.07 Å². The van der Waals surface area contributed by atoms with Crippen LogP contribution < -0.4 is 0 Å². The lowest BCUT2D eigenvalue weighted by Gasteiger charge is -2.07. The van der Waals surface area contributed by atoms with Crippen LogP contribution in [0.1, 0.15) is 28.9 Å². The number of alkyl halides is 3. The normalized spacial score (nSPS) is 14.1. The Morgan fingerprint density at radius 1 is 1.30 bits per heavy atom. The first-order chi connectivity index (χ1) is 9.49. The van der Waals surface area contributed by atoms with Crippen LogP contribution in [0.25, 0.3) is 5.82 Å². The van der Waals surface area contributed by atoms with Crippen LogP contribution in [0.15, 0.2) is 18.3 Å². The van der Waals surface area contributed by atoms with Crippen LogP contribution in [0.3, 0.4) is 0 Å². The van der Waals surface area contributed by atoms with Gasteiger partial charge in [-0.1, -0.05) is 0 Å². The molecule has 3 rings (SSSR count). The zero-order chi connectivity index (χ0) is 14.3. The van der Waals surface area contributed by atoms with E-state index in [9.17, 15) is 13.2 Å². The van der Waals surface area contributed by atoms with Crippen molar-refractivity contribution >= 4 is 0 Å². The predicted octanol–water partition coefficient (Wildman–Crippen LogP) is 2.65. The summed E-state index contributed by atoms with van der Waals surface area (Å²) >= 11 is 0. The summed E-state index contributed by atoms with van der Waals surface area (Å²) in [5.41, 5.74) is 1.07. The maximum absolute atomic E-state index is 12.6. The van der Waals surface area contributed by atoms with Crippen LogP contribution in [-0.2, 0) is 19.0 Å². The highest BCUT2D eigenvalue weighted by molar-refractivity contribution is 5.48. The molecule has 0 saturated heterocycles. The van der Waals surface area contributed by atoms with Crippen LogP contribution in [-0.4, -0.2) is 14.8 Å². The number of halogens is 3. The third-order valence-electron chi connectivity index (χ3n) is 3.25. The number of aryl methyl sites for hydroxylation is 2. The molecule has 0 radical (unpaired) electrons. The molecule has 7 heteroatoms. The lowest BCUT2D eigenvalue weighted by atomic mass is 10.1. The maximum Gasteiger partial charge on any atom is 0.435 e. The van der Waals surface area contributed by atoms with E-state index in [4.69, 9.17) is 5.26 Å². The van der Waals surface area contributed by atoms with E-state index in [0.29, 0.717) is 0 Å². The number of pyridine rings is 1. The van der Waals surface area contributed by atoms with Crippen molar-refractivity contribution in [3.05, 3.63) is 40.8 Å². The second kappa shape index (κ2) is 4.34. The van der Waals surface area contributed by atoms with Crippen LogP contribution in [0.2, 0.25) is 0 Å². The largest absolute Gasteiger partial charge is 0.435 e. The number of aromatic nitrogens is 3. The summed E-state index contributed by atoms with van der Waals surface area (Å²) < 4.78 is 38.7. The third kappa shape index (κ3) is 2.03. The van der Waals surface area contributed by atoms with Gasteiger partial charge in [0.15, 0.2) is 11.5 Å². The molecule has 0 N–H and O–H groups in total. The van der Waals surface area contributed by atoms with E-state index in [2.05, 4.69) is 10.1 Å². The van der Waals surface area contributed by atoms with Crippen molar-refractivity contribution in [2.24, 2.45) is 0 Å². The number of fused-ring (bicyclic) bond motifs is 1. The van der Waals surface area contributed by atoms with Crippen molar-refractivity contribution < 1.29 is 13.2 Å². The van der Waals surface area contributed by atoms with Gasteiger partial charge in [0.25, 0.3) is 0 Å². The average Bonchev–Trinajstić information content (AvgIpc) is 3.04. The van der Waals surface area contributed by atoms with Crippen LogP contribution >= 0.6 is 0 Å². The molecular weight excluding hydrogens is 269 g/mol. The molecule has 0 amide bonds. The molecule has 1 aliphatic rings.